The van der Waals surface area contributed by atoms with Crippen LogP contribution in [0.5, 0.6) is 0 Å². The van der Waals surface area contributed by atoms with Gasteiger partial charge in [0, 0.05) is 5.92 Å². The molecular weight excluding hydrogens is 465 g/mol. The highest BCUT2D eigenvalue weighted by Gasteiger charge is 2.60. The predicted molar refractivity (Wildman–Crippen MR) is 120 cm³/mol. The monoisotopic (exact) mass is 490 g/mol. The van der Waals surface area contributed by atoms with Crippen molar-refractivity contribution in [3.05, 3.63) is 59.7 Å². The zero-order chi connectivity index (χ0) is 25.4. The van der Waals surface area contributed by atoms with Gasteiger partial charge in [-0.15, -0.1) is 0 Å². The van der Waals surface area contributed by atoms with Crippen molar-refractivity contribution in [3.8, 4) is 11.1 Å². The molecular formula is C25H25F3N2O5. The molecule has 0 aromatic heterocycles. The summed E-state index contributed by atoms with van der Waals surface area (Å²) in [6, 6.07) is 15.0. The zero-order valence-electron chi connectivity index (χ0n) is 18.9. The van der Waals surface area contributed by atoms with Gasteiger partial charge in [-0.1, -0.05) is 48.5 Å². The zero-order valence-corrected chi connectivity index (χ0v) is 18.9. The fraction of sp³-hybridized carbons (Fsp3) is 0.400. The van der Waals surface area contributed by atoms with E-state index in [1.165, 1.54) is 0 Å². The molecule has 1 saturated carbocycles. The van der Waals surface area contributed by atoms with Crippen molar-refractivity contribution >= 4 is 18.0 Å². The molecule has 1 unspecified atom stereocenters. The number of carbonyl (C=O) groups is 3. The highest BCUT2D eigenvalue weighted by atomic mass is 19.4. The SMILES string of the molecule is CC(NC(=O)OCC1c2ccccc2-c2ccccc21)(C(=O)NC1(CC(=O)O)CCC1)C(F)(F)F. The van der Waals surface area contributed by atoms with Crippen LogP contribution in [0.15, 0.2) is 48.5 Å². The summed E-state index contributed by atoms with van der Waals surface area (Å²) in [4.78, 5) is 36.4. The minimum absolute atomic E-state index is 0.224. The van der Waals surface area contributed by atoms with Gasteiger partial charge >= 0.3 is 18.2 Å². The van der Waals surface area contributed by atoms with E-state index in [-0.39, 0.29) is 25.4 Å². The Bertz CT molecular complexity index is 1120. The maximum Gasteiger partial charge on any atom is 0.420 e. The van der Waals surface area contributed by atoms with Crippen LogP contribution in [0.2, 0.25) is 0 Å². The van der Waals surface area contributed by atoms with Crippen molar-refractivity contribution in [3.63, 3.8) is 0 Å². The summed E-state index contributed by atoms with van der Waals surface area (Å²) in [7, 11) is 0. The number of carbonyl (C=O) groups excluding carboxylic acids is 2. The van der Waals surface area contributed by atoms with Crippen LogP contribution in [0.3, 0.4) is 0 Å². The van der Waals surface area contributed by atoms with Crippen molar-refractivity contribution in [1.82, 2.24) is 10.6 Å². The van der Waals surface area contributed by atoms with Crippen molar-refractivity contribution in [2.45, 2.75) is 55.8 Å². The molecule has 7 nitrogen and oxygen atoms in total. The van der Waals surface area contributed by atoms with Crippen molar-refractivity contribution in [2.75, 3.05) is 6.61 Å². The first-order chi connectivity index (χ1) is 16.5. The van der Waals surface area contributed by atoms with Crippen LogP contribution in [0.25, 0.3) is 11.1 Å². The van der Waals surface area contributed by atoms with E-state index in [4.69, 9.17) is 9.84 Å². The van der Waals surface area contributed by atoms with Gasteiger partial charge in [0.2, 0.25) is 5.54 Å². The second kappa shape index (κ2) is 8.90. The van der Waals surface area contributed by atoms with Crippen LogP contribution in [-0.4, -0.2) is 46.9 Å². The number of halogens is 3. The van der Waals surface area contributed by atoms with Gasteiger partial charge < -0.3 is 15.2 Å². The maximum absolute atomic E-state index is 14.0. The minimum Gasteiger partial charge on any atom is -0.481 e. The molecule has 2 aromatic rings. The van der Waals surface area contributed by atoms with E-state index in [9.17, 15) is 27.6 Å². The normalized spacial score (nSPS) is 17.8. The lowest BCUT2D eigenvalue weighted by Crippen LogP contribution is -2.69. The number of carboxylic acids is 1. The average Bonchev–Trinajstić information content (AvgIpc) is 3.08. The van der Waals surface area contributed by atoms with Gasteiger partial charge in [0.15, 0.2) is 0 Å². The molecule has 2 aliphatic carbocycles. The number of aliphatic carboxylic acids is 1. The molecule has 0 spiro atoms. The number of rotatable bonds is 7. The number of ether oxygens (including phenoxy) is 1. The topological polar surface area (TPSA) is 105 Å². The molecule has 35 heavy (non-hydrogen) atoms. The van der Waals surface area contributed by atoms with E-state index in [0.29, 0.717) is 13.3 Å². The minimum atomic E-state index is -5.16. The molecule has 0 heterocycles. The lowest BCUT2D eigenvalue weighted by molar-refractivity contribution is -0.195. The Morgan fingerprint density at radius 2 is 1.57 bits per heavy atom. The molecule has 0 radical (unpaired) electrons. The Labute approximate surface area is 199 Å². The Kier molecular flexibility index (Phi) is 6.25. The average molecular weight is 490 g/mol. The lowest BCUT2D eigenvalue weighted by atomic mass is 9.74. The number of nitrogens with one attached hydrogen (secondary N) is 2. The molecule has 186 valence electrons. The number of alkyl carbamates (subject to hydrolysis) is 1. The van der Waals surface area contributed by atoms with Crippen molar-refractivity contribution in [2.24, 2.45) is 0 Å². The van der Waals surface area contributed by atoms with E-state index in [0.717, 1.165) is 22.3 Å². The summed E-state index contributed by atoms with van der Waals surface area (Å²) in [6.45, 7) is 0.315. The number of amides is 2. The van der Waals surface area contributed by atoms with Gasteiger partial charge in [-0.05, 0) is 48.4 Å². The lowest BCUT2D eigenvalue weighted by Gasteiger charge is -2.44. The van der Waals surface area contributed by atoms with Gasteiger partial charge in [-0.3, -0.25) is 14.9 Å². The fourth-order valence-electron chi connectivity index (χ4n) is 4.70. The van der Waals surface area contributed by atoms with Crippen LogP contribution in [-0.2, 0) is 14.3 Å². The smallest absolute Gasteiger partial charge is 0.420 e. The second-order valence-corrected chi connectivity index (χ2v) is 9.23. The van der Waals surface area contributed by atoms with Crippen LogP contribution in [0, 0.1) is 0 Å². The highest BCUT2D eigenvalue weighted by Crippen LogP contribution is 2.44. The number of benzene rings is 2. The fourth-order valence-corrected chi connectivity index (χ4v) is 4.70. The molecule has 0 bridgehead atoms. The first-order valence-electron chi connectivity index (χ1n) is 11.2. The van der Waals surface area contributed by atoms with Gasteiger partial charge in [-0.2, -0.15) is 13.2 Å². The van der Waals surface area contributed by atoms with Crippen molar-refractivity contribution < 1.29 is 37.4 Å². The molecule has 1 fully saturated rings. The van der Waals surface area contributed by atoms with Gasteiger partial charge in [0.25, 0.3) is 5.91 Å². The Balaban J connectivity index is 1.48. The van der Waals surface area contributed by atoms with Crippen LogP contribution in [0.4, 0.5) is 18.0 Å². The predicted octanol–water partition coefficient (Wildman–Crippen LogP) is 4.36. The Hall–Kier alpha value is -3.56. The third kappa shape index (κ3) is 4.56. The molecule has 2 aliphatic rings. The summed E-state index contributed by atoms with van der Waals surface area (Å²) >= 11 is 0. The maximum atomic E-state index is 14.0. The molecule has 1 atom stereocenters. The van der Waals surface area contributed by atoms with Gasteiger partial charge in [0.05, 0.1) is 12.0 Å². The number of hydrogen-bond donors (Lipinski definition) is 3. The van der Waals surface area contributed by atoms with E-state index in [1.807, 2.05) is 48.5 Å². The summed E-state index contributed by atoms with van der Waals surface area (Å²) in [6.07, 6.45) is -6.00. The summed E-state index contributed by atoms with van der Waals surface area (Å²) < 4.78 is 47.1. The molecule has 10 heteroatoms. The Morgan fingerprint density at radius 1 is 1.03 bits per heavy atom. The molecule has 4 rings (SSSR count). The summed E-state index contributed by atoms with van der Waals surface area (Å²) in [5.41, 5.74) is -0.881. The van der Waals surface area contributed by atoms with Crippen LogP contribution < -0.4 is 10.6 Å². The summed E-state index contributed by atoms with van der Waals surface area (Å²) in [5, 5.41) is 13.0. The molecule has 3 N–H and O–H groups in total. The number of hydrogen-bond acceptors (Lipinski definition) is 4. The van der Waals surface area contributed by atoms with Crippen molar-refractivity contribution in [1.29, 1.82) is 0 Å². The second-order valence-electron chi connectivity index (χ2n) is 9.23. The largest absolute Gasteiger partial charge is 0.481 e. The van der Waals surface area contributed by atoms with Crippen LogP contribution in [0.1, 0.15) is 49.7 Å². The quantitative estimate of drug-likeness (QED) is 0.535. The standard InChI is InChI=1S/C25H25F3N2O5/c1-23(25(26,27)28,21(33)29-24(11-6-12-24)13-20(31)32)30-22(34)35-14-19-17-9-4-2-7-15(17)16-8-3-5-10-18(16)19/h2-5,7-10,19H,6,11-14H2,1H3,(H,29,33)(H,30,34)(H,31,32). The van der Waals surface area contributed by atoms with Crippen LogP contribution >= 0.6 is 0 Å². The number of alkyl halides is 3. The van der Waals surface area contributed by atoms with E-state index >= 15 is 0 Å². The third-order valence-corrected chi connectivity index (χ3v) is 6.90. The Morgan fingerprint density at radius 3 is 2.03 bits per heavy atom. The number of fused-ring (bicyclic) bond motifs is 3. The highest BCUT2D eigenvalue weighted by molar-refractivity contribution is 5.91. The third-order valence-electron chi connectivity index (χ3n) is 6.90. The van der Waals surface area contributed by atoms with Gasteiger partial charge in [-0.25, -0.2) is 4.79 Å². The van der Waals surface area contributed by atoms with E-state index in [1.54, 1.807) is 5.32 Å². The molecule has 0 saturated heterocycles. The van der Waals surface area contributed by atoms with E-state index < -0.39 is 41.6 Å². The summed E-state index contributed by atoms with van der Waals surface area (Å²) in [5.74, 6) is -3.13. The molecule has 0 aliphatic heterocycles. The first kappa shape index (κ1) is 24.6. The van der Waals surface area contributed by atoms with Gasteiger partial charge in [0.1, 0.15) is 6.61 Å². The van der Waals surface area contributed by atoms with E-state index in [2.05, 4.69) is 5.32 Å². The first-order valence-corrected chi connectivity index (χ1v) is 11.2. The number of carboxylic acid groups (broad SMARTS) is 1. The molecule has 2 aromatic carbocycles. The molecule has 2 amide bonds.